The molecule has 8 heteroatoms. The van der Waals surface area contributed by atoms with Crippen molar-refractivity contribution in [1.82, 2.24) is 0 Å². The molecule has 0 amide bonds. The maximum Gasteiger partial charge on any atom is 0.335 e. The number of aromatic carboxylic acids is 2. The Balaban J connectivity index is 1.32. The first kappa shape index (κ1) is 34.0. The summed E-state index contributed by atoms with van der Waals surface area (Å²) in [5.41, 5.74) is 5.47. The van der Waals surface area contributed by atoms with E-state index in [0.717, 1.165) is 74.7 Å². The normalized spacial score (nSPS) is 19.0. The number of carboxylic acid groups (broad SMARTS) is 2. The molecule has 0 fully saturated rings. The molecule has 4 aromatic carbocycles. The van der Waals surface area contributed by atoms with E-state index in [9.17, 15) is 29.7 Å². The van der Waals surface area contributed by atoms with Gasteiger partial charge in [-0.25, -0.2) is 9.59 Å². The molecule has 7 rings (SSSR count). The predicted molar refractivity (Wildman–Crippen MR) is 198 cm³/mol. The molecule has 0 unspecified atom stereocenters. The second-order valence-electron chi connectivity index (χ2n) is 14.9. The SMILES string of the molecule is CCCCN1/C(=C\C2=C([O-])C(=C\C3=[N+](CCC)c4ccc5cc(C(=O)O)ccc5c4C3(C)C)/C2=O)C(C)(C)c2c1ccc1cc(C(=O)O)ccc21. The molecule has 2 aliphatic heterocycles. The lowest BCUT2D eigenvalue weighted by Gasteiger charge is -2.33. The summed E-state index contributed by atoms with van der Waals surface area (Å²) in [6.07, 6.45) is 6.29. The van der Waals surface area contributed by atoms with Crippen molar-refractivity contribution in [3.05, 3.63) is 118 Å². The summed E-state index contributed by atoms with van der Waals surface area (Å²) >= 11 is 0. The van der Waals surface area contributed by atoms with Gasteiger partial charge in [0.05, 0.1) is 16.5 Å². The number of allylic oxidation sites excluding steroid dienone is 5. The molecule has 4 aromatic rings. The third-order valence-electron chi connectivity index (χ3n) is 10.9. The van der Waals surface area contributed by atoms with Crippen molar-refractivity contribution in [2.45, 2.75) is 71.6 Å². The maximum atomic E-state index is 14.0. The van der Waals surface area contributed by atoms with Crippen LogP contribution in [-0.2, 0) is 15.6 Å². The standard InChI is InChI=1S/C43H42N2O6/c1-7-9-19-45-33-17-13-25-21-27(41(50)51)11-15-29(25)37(33)43(5,6)35(45)23-31-38(46)30(39(31)47)22-34-42(3,4)36-28-14-10-26(40(48)49)20-24(28)12-16-32(36)44(34)18-8-2/h10-17,20-23H,7-9,18-19H2,1-6H3,(H2-,46,47,48,49,50,51). The van der Waals surface area contributed by atoms with Crippen LogP contribution in [0.5, 0.6) is 0 Å². The fourth-order valence-electron chi connectivity index (χ4n) is 8.36. The van der Waals surface area contributed by atoms with Gasteiger partial charge in [-0.2, -0.15) is 4.58 Å². The van der Waals surface area contributed by atoms with Gasteiger partial charge >= 0.3 is 11.9 Å². The molecule has 2 heterocycles. The molecule has 0 aromatic heterocycles. The molecule has 0 spiro atoms. The minimum Gasteiger partial charge on any atom is -0.871 e. The number of unbranched alkanes of at least 4 members (excludes halogenated alkanes) is 1. The van der Waals surface area contributed by atoms with Crippen molar-refractivity contribution in [1.29, 1.82) is 0 Å². The number of carbonyl (C=O) groups excluding carboxylic acids is 1. The maximum absolute atomic E-state index is 14.0. The molecular formula is C43H42N2O6. The zero-order valence-electron chi connectivity index (χ0n) is 29.9. The van der Waals surface area contributed by atoms with Gasteiger partial charge in [0.25, 0.3) is 0 Å². The van der Waals surface area contributed by atoms with Gasteiger partial charge in [0.15, 0.2) is 11.5 Å². The van der Waals surface area contributed by atoms with Crippen LogP contribution >= 0.6 is 0 Å². The van der Waals surface area contributed by atoms with Gasteiger partial charge in [-0.15, -0.1) is 0 Å². The first-order valence-electron chi connectivity index (χ1n) is 17.7. The second-order valence-corrected chi connectivity index (χ2v) is 14.9. The van der Waals surface area contributed by atoms with Crippen molar-refractivity contribution in [2.24, 2.45) is 0 Å². The van der Waals surface area contributed by atoms with Crippen LogP contribution in [0, 0.1) is 0 Å². The monoisotopic (exact) mass is 682 g/mol. The summed E-state index contributed by atoms with van der Waals surface area (Å²) in [5, 5.41) is 36.7. The van der Waals surface area contributed by atoms with Crippen molar-refractivity contribution in [3.8, 4) is 0 Å². The zero-order valence-corrected chi connectivity index (χ0v) is 29.9. The summed E-state index contributed by atoms with van der Waals surface area (Å²) in [6.45, 7) is 14.0. The van der Waals surface area contributed by atoms with Gasteiger partial charge < -0.3 is 20.2 Å². The van der Waals surface area contributed by atoms with Crippen molar-refractivity contribution >= 4 is 56.4 Å². The fourth-order valence-corrected chi connectivity index (χ4v) is 8.36. The van der Waals surface area contributed by atoms with Crippen molar-refractivity contribution in [2.75, 3.05) is 18.0 Å². The van der Waals surface area contributed by atoms with Crippen LogP contribution in [0.4, 0.5) is 11.4 Å². The Bertz CT molecular complexity index is 2350. The number of hydrogen-bond acceptors (Lipinski definition) is 5. The smallest absolute Gasteiger partial charge is 0.335 e. The van der Waals surface area contributed by atoms with Gasteiger partial charge in [-0.05, 0) is 89.9 Å². The molecule has 51 heavy (non-hydrogen) atoms. The number of anilines is 1. The first-order chi connectivity index (χ1) is 24.2. The first-order valence-corrected chi connectivity index (χ1v) is 17.7. The van der Waals surface area contributed by atoms with E-state index in [-0.39, 0.29) is 33.8 Å². The van der Waals surface area contributed by atoms with Crippen LogP contribution in [0.25, 0.3) is 21.5 Å². The molecule has 0 saturated heterocycles. The minimum atomic E-state index is -0.980. The Hall–Kier alpha value is -5.50. The van der Waals surface area contributed by atoms with E-state index in [1.807, 2.05) is 36.4 Å². The van der Waals surface area contributed by atoms with Crippen LogP contribution in [-0.4, -0.2) is 51.3 Å². The van der Waals surface area contributed by atoms with E-state index in [0.29, 0.717) is 13.1 Å². The highest BCUT2D eigenvalue weighted by atomic mass is 16.4. The van der Waals surface area contributed by atoms with Crippen LogP contribution in [0.3, 0.4) is 0 Å². The predicted octanol–water partition coefficient (Wildman–Crippen LogP) is 7.78. The number of carbonyl (C=O) groups is 3. The average molecular weight is 683 g/mol. The Morgan fingerprint density at radius 3 is 1.98 bits per heavy atom. The molecule has 0 radical (unpaired) electrons. The Labute approximate surface area is 297 Å². The number of benzene rings is 4. The lowest BCUT2D eigenvalue weighted by atomic mass is 9.76. The summed E-state index contributed by atoms with van der Waals surface area (Å²) in [6, 6.07) is 18.3. The topological polar surface area (TPSA) is 121 Å². The molecular weight excluding hydrogens is 640 g/mol. The van der Waals surface area contributed by atoms with Gasteiger partial charge in [-0.1, -0.05) is 58.1 Å². The van der Waals surface area contributed by atoms with E-state index in [1.54, 1.807) is 36.4 Å². The average Bonchev–Trinajstić information content (AvgIpc) is 3.45. The summed E-state index contributed by atoms with van der Waals surface area (Å²) in [5.74, 6) is -2.52. The summed E-state index contributed by atoms with van der Waals surface area (Å²) in [4.78, 5) is 39.6. The molecule has 2 N–H and O–H groups in total. The number of nitrogens with zero attached hydrogens (tertiary/aromatic N) is 2. The summed E-state index contributed by atoms with van der Waals surface area (Å²) < 4.78 is 2.19. The van der Waals surface area contributed by atoms with Gasteiger partial charge in [0.2, 0.25) is 5.69 Å². The van der Waals surface area contributed by atoms with E-state index in [4.69, 9.17) is 0 Å². The number of fused-ring (bicyclic) bond motifs is 6. The van der Waals surface area contributed by atoms with Crippen molar-refractivity contribution in [3.63, 3.8) is 0 Å². The number of carboxylic acids is 2. The van der Waals surface area contributed by atoms with E-state index in [2.05, 4.69) is 51.0 Å². The highest BCUT2D eigenvalue weighted by molar-refractivity contribution is 6.24. The lowest BCUT2D eigenvalue weighted by molar-refractivity contribution is -0.437. The second kappa shape index (κ2) is 12.1. The van der Waals surface area contributed by atoms with Crippen LogP contribution in [0.2, 0.25) is 0 Å². The Morgan fingerprint density at radius 2 is 1.41 bits per heavy atom. The quantitative estimate of drug-likeness (QED) is 0.137. The number of hydrogen-bond donors (Lipinski definition) is 2. The highest BCUT2D eigenvalue weighted by Gasteiger charge is 2.47. The molecule has 260 valence electrons. The van der Waals surface area contributed by atoms with Gasteiger partial charge in [0.1, 0.15) is 6.54 Å². The lowest BCUT2D eigenvalue weighted by Crippen LogP contribution is -2.35. The molecule has 8 nitrogen and oxygen atoms in total. The molecule has 0 atom stereocenters. The Kier molecular flexibility index (Phi) is 8.04. The molecule has 0 bridgehead atoms. The zero-order chi connectivity index (χ0) is 36.6. The molecule has 0 saturated carbocycles. The van der Waals surface area contributed by atoms with E-state index < -0.39 is 22.8 Å². The third kappa shape index (κ3) is 5.10. The summed E-state index contributed by atoms with van der Waals surface area (Å²) in [7, 11) is 0. The molecule has 1 aliphatic carbocycles. The van der Waals surface area contributed by atoms with Crippen molar-refractivity contribution < 1.29 is 34.3 Å². The third-order valence-corrected chi connectivity index (χ3v) is 10.9. The van der Waals surface area contributed by atoms with Gasteiger partial charge in [-0.3, -0.25) is 4.79 Å². The Morgan fingerprint density at radius 1 is 0.804 bits per heavy atom. The molecule has 3 aliphatic rings. The van der Waals surface area contributed by atoms with Crippen LogP contribution in [0.15, 0.2) is 95.4 Å². The van der Waals surface area contributed by atoms with E-state index in [1.165, 1.54) is 0 Å². The van der Waals surface area contributed by atoms with Gasteiger partial charge in [0, 0.05) is 58.6 Å². The highest BCUT2D eigenvalue weighted by Crippen LogP contribution is 2.52. The fraction of sp³-hybridized carbons (Fsp3) is 0.302. The largest absolute Gasteiger partial charge is 0.871 e. The number of ketones is 1. The van der Waals surface area contributed by atoms with E-state index >= 15 is 0 Å². The van der Waals surface area contributed by atoms with Crippen LogP contribution in [0.1, 0.15) is 92.6 Å². The number of rotatable bonds is 9. The van der Waals surface area contributed by atoms with Crippen LogP contribution < -0.4 is 10.0 Å². The number of Topliss-reactive ketones (excluding diaryl/α,β-unsaturated/α-hetero) is 1. The minimum absolute atomic E-state index is 0.163.